The second kappa shape index (κ2) is 12.0. The first-order chi connectivity index (χ1) is 15.8. The van der Waals surface area contributed by atoms with Gasteiger partial charge in [0, 0.05) is 75.9 Å². The fourth-order valence-electron chi connectivity index (χ4n) is 4.96. The van der Waals surface area contributed by atoms with Crippen LogP contribution in [0.1, 0.15) is 49.4 Å². The maximum atomic E-state index is 4.53. The van der Waals surface area contributed by atoms with Gasteiger partial charge in [-0.25, -0.2) is 0 Å². The van der Waals surface area contributed by atoms with Crippen molar-refractivity contribution in [2.45, 2.75) is 47.6 Å². The molecule has 0 unspecified atom stereocenters. The standard InChI is InChI=1S/C28H44N4S/c1-8-10-24(5)30-13-11-29(12-14-30)21-27-20-28(23(4)19-22(27)3)25(6)31-15-17-32(18-16-31)26(7)33-9-2/h10,19-20H,6-9,11-18,21H2,1-5H3/b24-10+. The third-order valence-electron chi connectivity index (χ3n) is 7.08. The summed E-state index contributed by atoms with van der Waals surface area (Å²) in [6, 6.07) is 4.77. The highest BCUT2D eigenvalue weighted by Gasteiger charge is 2.22. The number of benzene rings is 1. The second-order valence-electron chi connectivity index (χ2n) is 9.36. The lowest BCUT2D eigenvalue weighted by Crippen LogP contribution is -2.45. The Labute approximate surface area is 207 Å². The third-order valence-corrected chi connectivity index (χ3v) is 7.96. The Morgan fingerprint density at radius 3 is 2.09 bits per heavy atom. The molecule has 0 radical (unpaired) electrons. The van der Waals surface area contributed by atoms with Gasteiger partial charge in [-0.15, -0.1) is 11.8 Å². The fraction of sp³-hybridized carbons (Fsp3) is 0.571. The van der Waals surface area contributed by atoms with E-state index in [2.05, 4.69) is 85.6 Å². The molecule has 0 N–H and O–H groups in total. The van der Waals surface area contributed by atoms with E-state index in [1.807, 2.05) is 11.8 Å². The number of aryl methyl sites for hydroxylation is 2. The fourth-order valence-corrected chi connectivity index (χ4v) is 5.65. The van der Waals surface area contributed by atoms with E-state index in [-0.39, 0.29) is 0 Å². The zero-order valence-corrected chi connectivity index (χ0v) is 22.4. The van der Waals surface area contributed by atoms with Crippen LogP contribution in [0, 0.1) is 13.8 Å². The summed E-state index contributed by atoms with van der Waals surface area (Å²) in [5, 5.41) is 1.21. The number of hydrogen-bond donors (Lipinski definition) is 0. The van der Waals surface area contributed by atoms with Gasteiger partial charge in [0.25, 0.3) is 0 Å². The minimum absolute atomic E-state index is 1.01. The van der Waals surface area contributed by atoms with Crippen LogP contribution in [0.3, 0.4) is 0 Å². The molecule has 0 spiro atoms. The van der Waals surface area contributed by atoms with Crippen LogP contribution in [0.4, 0.5) is 0 Å². The lowest BCUT2D eigenvalue weighted by atomic mass is 9.97. The van der Waals surface area contributed by atoms with Gasteiger partial charge in [-0.2, -0.15) is 0 Å². The molecular formula is C28H44N4S. The Hall–Kier alpha value is -1.85. The number of nitrogens with zero attached hydrogens (tertiary/aromatic N) is 4. The molecule has 2 fully saturated rings. The minimum Gasteiger partial charge on any atom is -0.373 e. The van der Waals surface area contributed by atoms with Crippen LogP contribution in [0.25, 0.3) is 5.70 Å². The molecule has 3 rings (SSSR count). The average molecular weight is 469 g/mol. The van der Waals surface area contributed by atoms with Gasteiger partial charge in [-0.05, 0) is 55.7 Å². The van der Waals surface area contributed by atoms with Gasteiger partial charge in [-0.1, -0.05) is 39.1 Å². The van der Waals surface area contributed by atoms with Crippen molar-refractivity contribution in [1.29, 1.82) is 0 Å². The Bertz CT molecular complexity index is 859. The molecule has 5 heteroatoms. The van der Waals surface area contributed by atoms with Gasteiger partial charge in [-0.3, -0.25) is 4.90 Å². The van der Waals surface area contributed by atoms with Gasteiger partial charge in [0.15, 0.2) is 0 Å². The largest absolute Gasteiger partial charge is 0.373 e. The molecule has 0 aromatic heterocycles. The van der Waals surface area contributed by atoms with Crippen molar-refractivity contribution in [1.82, 2.24) is 19.6 Å². The predicted octanol–water partition coefficient (Wildman–Crippen LogP) is 5.55. The monoisotopic (exact) mass is 468 g/mol. The Morgan fingerprint density at radius 2 is 1.48 bits per heavy atom. The first kappa shape index (κ1) is 25.8. The molecule has 1 aromatic carbocycles. The summed E-state index contributed by atoms with van der Waals surface area (Å²) in [7, 11) is 0. The van der Waals surface area contributed by atoms with Crippen molar-refractivity contribution in [3.63, 3.8) is 0 Å². The topological polar surface area (TPSA) is 13.0 Å². The smallest absolute Gasteiger partial charge is 0.0635 e. The minimum atomic E-state index is 1.01. The third kappa shape index (κ3) is 6.60. The summed E-state index contributed by atoms with van der Waals surface area (Å²) >= 11 is 1.85. The first-order valence-corrected chi connectivity index (χ1v) is 13.6. The maximum absolute atomic E-state index is 4.53. The molecular weight excluding hydrogens is 424 g/mol. The first-order valence-electron chi connectivity index (χ1n) is 12.6. The van der Waals surface area contributed by atoms with Crippen molar-refractivity contribution < 1.29 is 0 Å². The summed E-state index contributed by atoms with van der Waals surface area (Å²) in [4.78, 5) is 10.0. The number of hydrogen-bond acceptors (Lipinski definition) is 5. The van der Waals surface area contributed by atoms with E-state index < -0.39 is 0 Å². The van der Waals surface area contributed by atoms with E-state index in [0.717, 1.165) is 71.1 Å². The van der Waals surface area contributed by atoms with E-state index in [9.17, 15) is 0 Å². The number of allylic oxidation sites excluding steroid dienone is 2. The van der Waals surface area contributed by atoms with Crippen LogP contribution in [0.15, 0.2) is 42.1 Å². The van der Waals surface area contributed by atoms with Crippen LogP contribution in [0.2, 0.25) is 0 Å². The summed E-state index contributed by atoms with van der Waals surface area (Å²) in [6.07, 6.45) is 3.46. The molecule has 2 aliphatic rings. The SMILES string of the molecule is C=C(SCC)N1CCN(C(=C)c2cc(CN3CCN(/C(C)=C/CC)CC3)c(C)cc2C)CC1. The average Bonchev–Trinajstić information content (AvgIpc) is 2.81. The van der Waals surface area contributed by atoms with Gasteiger partial charge in [0.05, 0.1) is 5.03 Å². The van der Waals surface area contributed by atoms with E-state index in [1.165, 1.54) is 38.7 Å². The molecule has 2 aliphatic heterocycles. The molecule has 182 valence electrons. The van der Waals surface area contributed by atoms with Crippen LogP contribution in [-0.2, 0) is 6.54 Å². The second-order valence-corrected chi connectivity index (χ2v) is 10.7. The quantitative estimate of drug-likeness (QED) is 0.470. The van der Waals surface area contributed by atoms with E-state index in [4.69, 9.17) is 0 Å². The molecule has 0 amide bonds. The van der Waals surface area contributed by atoms with Crippen molar-refractivity contribution in [3.05, 3.63) is 64.3 Å². The molecule has 0 aliphatic carbocycles. The van der Waals surface area contributed by atoms with Gasteiger partial charge < -0.3 is 14.7 Å². The van der Waals surface area contributed by atoms with Crippen LogP contribution < -0.4 is 0 Å². The highest BCUT2D eigenvalue weighted by Crippen LogP contribution is 2.28. The Kier molecular flexibility index (Phi) is 9.39. The van der Waals surface area contributed by atoms with Gasteiger partial charge in [0.2, 0.25) is 0 Å². The van der Waals surface area contributed by atoms with Gasteiger partial charge in [0.1, 0.15) is 0 Å². The van der Waals surface area contributed by atoms with E-state index in [1.54, 1.807) is 0 Å². The van der Waals surface area contributed by atoms with E-state index in [0.29, 0.717) is 0 Å². The predicted molar refractivity (Wildman–Crippen MR) is 146 cm³/mol. The highest BCUT2D eigenvalue weighted by atomic mass is 32.2. The van der Waals surface area contributed by atoms with Crippen molar-refractivity contribution in [2.24, 2.45) is 0 Å². The van der Waals surface area contributed by atoms with Crippen LogP contribution in [-0.4, -0.2) is 77.7 Å². The number of rotatable bonds is 9. The molecule has 4 nitrogen and oxygen atoms in total. The zero-order chi connectivity index (χ0) is 24.0. The summed E-state index contributed by atoms with van der Waals surface area (Å²) in [6.45, 7) is 29.5. The maximum Gasteiger partial charge on any atom is 0.0635 e. The molecule has 0 atom stereocenters. The van der Waals surface area contributed by atoms with Gasteiger partial charge >= 0.3 is 0 Å². The zero-order valence-electron chi connectivity index (χ0n) is 21.6. The molecule has 33 heavy (non-hydrogen) atoms. The summed E-state index contributed by atoms with van der Waals surface area (Å²) in [5.41, 5.74) is 8.08. The van der Waals surface area contributed by atoms with Crippen molar-refractivity contribution in [2.75, 3.05) is 58.1 Å². The van der Waals surface area contributed by atoms with Crippen LogP contribution in [0.5, 0.6) is 0 Å². The lowest BCUT2D eigenvalue weighted by Gasteiger charge is -2.39. The molecule has 2 heterocycles. The van der Waals surface area contributed by atoms with Crippen molar-refractivity contribution in [3.8, 4) is 0 Å². The van der Waals surface area contributed by atoms with Crippen LogP contribution >= 0.6 is 11.8 Å². The molecule has 2 saturated heterocycles. The molecule has 0 bridgehead atoms. The molecule has 1 aromatic rings. The normalized spacial score (nSPS) is 18.1. The molecule has 0 saturated carbocycles. The lowest BCUT2D eigenvalue weighted by molar-refractivity contribution is 0.152. The number of piperazine rings is 2. The van der Waals surface area contributed by atoms with Crippen molar-refractivity contribution >= 4 is 17.5 Å². The summed E-state index contributed by atoms with van der Waals surface area (Å²) in [5.74, 6) is 1.08. The Balaban J connectivity index is 1.63. The highest BCUT2D eigenvalue weighted by molar-refractivity contribution is 8.02. The number of thioether (sulfide) groups is 1. The Morgan fingerprint density at radius 1 is 0.879 bits per heavy atom. The summed E-state index contributed by atoms with van der Waals surface area (Å²) < 4.78 is 0. The van der Waals surface area contributed by atoms with E-state index >= 15 is 0 Å².